The zero-order valence-electron chi connectivity index (χ0n) is 10.5. The van der Waals surface area contributed by atoms with Gasteiger partial charge in [0.05, 0.1) is 0 Å². The second-order valence-electron chi connectivity index (χ2n) is 4.51. The molecule has 2 nitrogen and oxygen atoms in total. The summed E-state index contributed by atoms with van der Waals surface area (Å²) in [6.45, 7) is 6.51. The molecule has 0 unspecified atom stereocenters. The highest BCUT2D eigenvalue weighted by Gasteiger charge is 2.15. The Morgan fingerprint density at radius 2 is 1.81 bits per heavy atom. The van der Waals surface area contributed by atoms with E-state index in [1.165, 1.54) is 37.1 Å². The second kappa shape index (κ2) is 5.33. The van der Waals surface area contributed by atoms with Crippen LogP contribution < -0.4 is 0 Å². The standard InChI is InChI=1S/C14H22N2/c1-3-16(4-2)14-10-9-12-7-5-6-8-13(12)11-15-14/h9,11H,3-8,10H2,1-2H3. The predicted molar refractivity (Wildman–Crippen MR) is 69.6 cm³/mol. The topological polar surface area (TPSA) is 15.6 Å². The van der Waals surface area contributed by atoms with E-state index < -0.39 is 0 Å². The van der Waals surface area contributed by atoms with Gasteiger partial charge >= 0.3 is 0 Å². The first kappa shape index (κ1) is 11.4. The van der Waals surface area contributed by atoms with Gasteiger partial charge in [0.1, 0.15) is 5.84 Å². The maximum Gasteiger partial charge on any atom is 0.108 e. The Morgan fingerprint density at radius 1 is 1.12 bits per heavy atom. The molecule has 1 aliphatic carbocycles. The van der Waals surface area contributed by atoms with Crippen molar-refractivity contribution in [2.45, 2.75) is 46.0 Å². The highest BCUT2D eigenvalue weighted by atomic mass is 15.2. The van der Waals surface area contributed by atoms with E-state index in [2.05, 4.69) is 36.0 Å². The van der Waals surface area contributed by atoms with Gasteiger partial charge in [0.15, 0.2) is 0 Å². The molecular weight excluding hydrogens is 196 g/mol. The highest BCUT2D eigenvalue weighted by molar-refractivity contribution is 5.85. The van der Waals surface area contributed by atoms with E-state index in [1.54, 1.807) is 5.57 Å². The monoisotopic (exact) mass is 218 g/mol. The van der Waals surface area contributed by atoms with Crippen LogP contribution in [-0.4, -0.2) is 23.8 Å². The van der Waals surface area contributed by atoms with Crippen molar-refractivity contribution in [2.75, 3.05) is 13.1 Å². The van der Waals surface area contributed by atoms with Gasteiger partial charge in [0, 0.05) is 25.7 Å². The van der Waals surface area contributed by atoms with Crippen LogP contribution in [0.1, 0.15) is 46.0 Å². The van der Waals surface area contributed by atoms with Crippen molar-refractivity contribution in [2.24, 2.45) is 4.99 Å². The molecule has 0 amide bonds. The van der Waals surface area contributed by atoms with Crippen molar-refractivity contribution >= 4 is 5.84 Å². The average molecular weight is 218 g/mol. The van der Waals surface area contributed by atoms with Crippen LogP contribution in [0.25, 0.3) is 0 Å². The molecule has 0 spiro atoms. The van der Waals surface area contributed by atoms with Gasteiger partial charge in [0.2, 0.25) is 0 Å². The van der Waals surface area contributed by atoms with Gasteiger partial charge in [-0.2, -0.15) is 0 Å². The predicted octanol–water partition coefficient (Wildman–Crippen LogP) is 3.51. The van der Waals surface area contributed by atoms with E-state index >= 15 is 0 Å². The molecule has 1 heterocycles. The molecule has 2 aliphatic rings. The zero-order valence-corrected chi connectivity index (χ0v) is 10.5. The third kappa shape index (κ3) is 2.37. The molecule has 0 aromatic carbocycles. The summed E-state index contributed by atoms with van der Waals surface area (Å²) in [6, 6.07) is 0. The van der Waals surface area contributed by atoms with Crippen molar-refractivity contribution < 1.29 is 0 Å². The van der Waals surface area contributed by atoms with Crippen molar-refractivity contribution in [1.29, 1.82) is 0 Å². The van der Waals surface area contributed by atoms with E-state index in [4.69, 9.17) is 0 Å². The summed E-state index contributed by atoms with van der Waals surface area (Å²) in [6.07, 6.45) is 10.7. The number of amidine groups is 1. The fourth-order valence-electron chi connectivity index (χ4n) is 2.55. The molecule has 2 heteroatoms. The summed E-state index contributed by atoms with van der Waals surface area (Å²) in [5, 5.41) is 0. The first-order valence-corrected chi connectivity index (χ1v) is 6.55. The van der Waals surface area contributed by atoms with Gasteiger partial charge in [-0.1, -0.05) is 6.08 Å². The lowest BCUT2D eigenvalue weighted by Gasteiger charge is -2.21. The van der Waals surface area contributed by atoms with Crippen LogP contribution in [0.15, 0.2) is 28.4 Å². The first-order chi connectivity index (χ1) is 7.85. The first-order valence-electron chi connectivity index (χ1n) is 6.55. The number of hydrogen-bond donors (Lipinski definition) is 0. The van der Waals surface area contributed by atoms with Crippen molar-refractivity contribution in [3.63, 3.8) is 0 Å². The summed E-state index contributed by atoms with van der Waals surface area (Å²) in [4.78, 5) is 7.03. The minimum absolute atomic E-state index is 1.01. The van der Waals surface area contributed by atoms with E-state index in [9.17, 15) is 0 Å². The molecule has 2 rings (SSSR count). The maximum atomic E-state index is 4.68. The minimum Gasteiger partial charge on any atom is -0.360 e. The third-order valence-corrected chi connectivity index (χ3v) is 3.58. The summed E-state index contributed by atoms with van der Waals surface area (Å²) in [7, 11) is 0. The van der Waals surface area contributed by atoms with Crippen LogP contribution >= 0.6 is 0 Å². The molecule has 0 aromatic heterocycles. The fraction of sp³-hybridized carbons (Fsp3) is 0.643. The van der Waals surface area contributed by atoms with E-state index in [-0.39, 0.29) is 0 Å². The Hall–Kier alpha value is -1.05. The van der Waals surface area contributed by atoms with Gasteiger partial charge in [-0.25, -0.2) is 4.99 Å². The smallest absolute Gasteiger partial charge is 0.108 e. The molecule has 1 fully saturated rings. The molecule has 0 radical (unpaired) electrons. The fourth-order valence-corrected chi connectivity index (χ4v) is 2.55. The minimum atomic E-state index is 1.01. The van der Waals surface area contributed by atoms with Crippen LogP contribution in [0.3, 0.4) is 0 Å². The van der Waals surface area contributed by atoms with Gasteiger partial charge in [-0.3, -0.25) is 0 Å². The largest absolute Gasteiger partial charge is 0.360 e. The van der Waals surface area contributed by atoms with Crippen LogP contribution in [-0.2, 0) is 0 Å². The summed E-state index contributed by atoms with van der Waals surface area (Å²) in [5.41, 5.74) is 3.03. The van der Waals surface area contributed by atoms with E-state index in [0.717, 1.165) is 19.5 Å². The molecule has 88 valence electrons. The van der Waals surface area contributed by atoms with Crippen LogP contribution in [0.5, 0.6) is 0 Å². The van der Waals surface area contributed by atoms with Crippen molar-refractivity contribution in [3.05, 3.63) is 23.4 Å². The lowest BCUT2D eigenvalue weighted by molar-refractivity contribution is 0.459. The molecular formula is C14H22N2. The number of nitrogens with zero attached hydrogens (tertiary/aromatic N) is 2. The SMILES string of the molecule is CCN(CC)C1=NC=C2CCCCC2=CC1. The van der Waals surface area contributed by atoms with Crippen LogP contribution in [0.4, 0.5) is 0 Å². The Labute approximate surface area is 98.7 Å². The molecule has 16 heavy (non-hydrogen) atoms. The molecule has 0 aromatic rings. The third-order valence-electron chi connectivity index (χ3n) is 3.58. The Balaban J connectivity index is 2.17. The number of hydrogen-bond acceptors (Lipinski definition) is 2. The number of fused-ring (bicyclic) bond motifs is 1. The van der Waals surface area contributed by atoms with Crippen LogP contribution in [0.2, 0.25) is 0 Å². The van der Waals surface area contributed by atoms with Gasteiger partial charge in [-0.05, 0) is 50.7 Å². The molecule has 0 atom stereocenters. The maximum absolute atomic E-state index is 4.68. The summed E-state index contributed by atoms with van der Waals surface area (Å²) < 4.78 is 0. The average Bonchev–Trinajstić information content (AvgIpc) is 2.54. The Morgan fingerprint density at radius 3 is 2.50 bits per heavy atom. The molecule has 0 N–H and O–H groups in total. The lowest BCUT2D eigenvalue weighted by atomic mass is 9.90. The highest BCUT2D eigenvalue weighted by Crippen LogP contribution is 2.30. The van der Waals surface area contributed by atoms with E-state index in [1.807, 2.05) is 0 Å². The molecule has 0 bridgehead atoms. The quantitative estimate of drug-likeness (QED) is 0.692. The van der Waals surface area contributed by atoms with Crippen molar-refractivity contribution in [1.82, 2.24) is 4.90 Å². The normalized spacial score (nSPS) is 20.2. The molecule has 1 aliphatic heterocycles. The number of allylic oxidation sites excluding steroid dienone is 2. The second-order valence-corrected chi connectivity index (χ2v) is 4.51. The van der Waals surface area contributed by atoms with E-state index in [0.29, 0.717) is 0 Å². The lowest BCUT2D eigenvalue weighted by Crippen LogP contribution is -2.29. The Bertz CT molecular complexity index is 333. The Kier molecular flexibility index (Phi) is 3.81. The van der Waals surface area contributed by atoms with Crippen LogP contribution in [0, 0.1) is 0 Å². The zero-order chi connectivity index (χ0) is 11.4. The van der Waals surface area contributed by atoms with Crippen molar-refractivity contribution in [3.8, 4) is 0 Å². The van der Waals surface area contributed by atoms with Gasteiger partial charge in [-0.15, -0.1) is 0 Å². The van der Waals surface area contributed by atoms with Gasteiger partial charge < -0.3 is 4.90 Å². The van der Waals surface area contributed by atoms with Gasteiger partial charge in [0.25, 0.3) is 0 Å². The summed E-state index contributed by atoms with van der Waals surface area (Å²) >= 11 is 0. The molecule has 1 saturated carbocycles. The summed E-state index contributed by atoms with van der Waals surface area (Å²) in [5.74, 6) is 1.24. The number of aliphatic imine (C=N–C) groups is 1. The molecule has 0 saturated heterocycles. The number of rotatable bonds is 2.